The van der Waals surface area contributed by atoms with E-state index in [0.717, 1.165) is 17.7 Å². The molecule has 5 N–H and O–H groups in total. The second-order valence-corrected chi connectivity index (χ2v) is 6.93. The summed E-state index contributed by atoms with van der Waals surface area (Å²) in [4.78, 5) is 24.7. The summed E-state index contributed by atoms with van der Waals surface area (Å²) in [5, 5.41) is 22.4. The topological polar surface area (TPSA) is 122 Å². The summed E-state index contributed by atoms with van der Waals surface area (Å²) in [6.45, 7) is 1.43. The number of aliphatic hydroxyl groups excluding tert-OH is 1. The Kier molecular flexibility index (Phi) is 7.64. The number of halogens is 3. The summed E-state index contributed by atoms with van der Waals surface area (Å²) in [6.07, 6.45) is -6.79. The highest BCUT2D eigenvalue weighted by Gasteiger charge is 2.43. The molecule has 2 aromatic rings. The van der Waals surface area contributed by atoms with Gasteiger partial charge in [0.2, 0.25) is 0 Å². The van der Waals surface area contributed by atoms with Gasteiger partial charge in [0.1, 0.15) is 11.9 Å². The predicted octanol–water partition coefficient (Wildman–Crippen LogP) is 2.32. The summed E-state index contributed by atoms with van der Waals surface area (Å²) in [5.41, 5.74) is 4.43. The Balaban J connectivity index is 2.27. The lowest BCUT2D eigenvalue weighted by Crippen LogP contribution is -2.57. The van der Waals surface area contributed by atoms with E-state index in [0.29, 0.717) is 0 Å². The van der Waals surface area contributed by atoms with Crippen LogP contribution in [0.2, 0.25) is 0 Å². The number of hydrogen-bond acceptors (Lipinski definition) is 5. The molecule has 2 aromatic carbocycles. The summed E-state index contributed by atoms with van der Waals surface area (Å²) in [5.74, 6) is -3.22. The predicted molar refractivity (Wildman–Crippen MR) is 105 cm³/mol. The standard InChI is InChI=1S/C21H23F3N2O5/c1-2-20(19(29)30,14-9-6-10-15(12-14)31-21(22,23)24)26-18(28)17(27)16(25)11-13-7-4-3-5-8-13/h3-10,12,16-17,27H,2,11,25H2,1H3,(H,26,28)(H,29,30)/t16-,17+,20+/m1/s1. The van der Waals surface area contributed by atoms with Gasteiger partial charge in [0, 0.05) is 6.04 Å². The minimum absolute atomic E-state index is 0.149. The van der Waals surface area contributed by atoms with Crippen LogP contribution >= 0.6 is 0 Å². The van der Waals surface area contributed by atoms with Crippen LogP contribution in [0, 0.1) is 0 Å². The number of nitrogens with two attached hydrogens (primary N) is 1. The fourth-order valence-corrected chi connectivity index (χ4v) is 3.13. The van der Waals surface area contributed by atoms with Crippen molar-refractivity contribution in [1.29, 1.82) is 0 Å². The third kappa shape index (κ3) is 6.19. The SMILES string of the molecule is CC[C@@](NC(=O)[C@@H](O)[C@H](N)Cc1ccccc1)(C(=O)O)c1cccc(OC(F)(F)F)c1. The minimum atomic E-state index is -4.97. The molecule has 31 heavy (non-hydrogen) atoms. The Labute approximate surface area is 176 Å². The van der Waals surface area contributed by atoms with Crippen LogP contribution in [0.25, 0.3) is 0 Å². The average molecular weight is 440 g/mol. The molecule has 0 aliphatic rings. The van der Waals surface area contributed by atoms with Crippen molar-refractivity contribution in [2.45, 2.75) is 43.8 Å². The second-order valence-electron chi connectivity index (χ2n) is 6.93. The molecule has 2 rings (SSSR count). The molecule has 0 unspecified atom stereocenters. The first-order valence-electron chi connectivity index (χ1n) is 9.38. The maximum atomic E-state index is 12.6. The van der Waals surface area contributed by atoms with Gasteiger partial charge in [-0.25, -0.2) is 4.79 Å². The van der Waals surface area contributed by atoms with Crippen molar-refractivity contribution in [3.05, 3.63) is 65.7 Å². The highest BCUT2D eigenvalue weighted by molar-refractivity contribution is 5.90. The van der Waals surface area contributed by atoms with E-state index in [1.807, 2.05) is 0 Å². The van der Waals surface area contributed by atoms with Crippen molar-refractivity contribution in [2.24, 2.45) is 5.73 Å². The minimum Gasteiger partial charge on any atom is -0.479 e. The van der Waals surface area contributed by atoms with Crippen molar-refractivity contribution in [2.75, 3.05) is 0 Å². The Morgan fingerprint density at radius 2 is 1.77 bits per heavy atom. The summed E-state index contributed by atoms with van der Waals surface area (Å²) >= 11 is 0. The zero-order valence-corrected chi connectivity index (χ0v) is 16.6. The van der Waals surface area contributed by atoms with E-state index in [2.05, 4.69) is 10.1 Å². The lowest BCUT2D eigenvalue weighted by Gasteiger charge is -2.32. The molecule has 168 valence electrons. The molecule has 0 aromatic heterocycles. The van der Waals surface area contributed by atoms with Gasteiger partial charge >= 0.3 is 12.3 Å². The molecular formula is C21H23F3N2O5. The zero-order valence-electron chi connectivity index (χ0n) is 16.6. The van der Waals surface area contributed by atoms with Gasteiger partial charge in [0.15, 0.2) is 5.54 Å². The molecule has 0 saturated carbocycles. The Hall–Kier alpha value is -3.11. The second kappa shape index (κ2) is 9.80. The Bertz CT molecular complexity index is 907. The van der Waals surface area contributed by atoms with Gasteiger partial charge in [0.05, 0.1) is 0 Å². The zero-order chi connectivity index (χ0) is 23.2. The van der Waals surface area contributed by atoms with E-state index < -0.39 is 41.7 Å². The van der Waals surface area contributed by atoms with E-state index in [9.17, 15) is 33.0 Å². The number of benzene rings is 2. The summed E-state index contributed by atoms with van der Waals surface area (Å²) in [6, 6.07) is 12.1. The van der Waals surface area contributed by atoms with Crippen molar-refractivity contribution in [3.8, 4) is 5.75 Å². The van der Waals surface area contributed by atoms with Gasteiger partial charge in [-0.2, -0.15) is 0 Å². The van der Waals surface area contributed by atoms with E-state index >= 15 is 0 Å². The molecule has 1 amide bonds. The highest BCUT2D eigenvalue weighted by Crippen LogP contribution is 2.31. The number of ether oxygens (including phenoxy) is 1. The molecular weight excluding hydrogens is 417 g/mol. The molecule has 0 saturated heterocycles. The maximum Gasteiger partial charge on any atom is 0.573 e. The number of carbonyl (C=O) groups is 2. The third-order valence-corrected chi connectivity index (χ3v) is 4.78. The van der Waals surface area contributed by atoms with E-state index in [1.165, 1.54) is 19.1 Å². The first kappa shape index (κ1) is 24.2. The molecule has 0 aliphatic carbocycles. The molecule has 7 nitrogen and oxygen atoms in total. The number of alkyl halides is 3. The number of carboxylic acids is 1. The Morgan fingerprint density at radius 3 is 2.32 bits per heavy atom. The number of rotatable bonds is 9. The normalized spacial score (nSPS) is 15.4. The van der Waals surface area contributed by atoms with Crippen LogP contribution in [-0.4, -0.2) is 40.6 Å². The molecule has 3 atom stereocenters. The van der Waals surface area contributed by atoms with Gasteiger partial charge in [-0.05, 0) is 36.1 Å². The molecule has 0 fully saturated rings. The quantitative estimate of drug-likeness (QED) is 0.475. The average Bonchev–Trinajstić information content (AvgIpc) is 2.70. The fourth-order valence-electron chi connectivity index (χ4n) is 3.13. The number of carboxylic acid groups (broad SMARTS) is 1. The molecule has 0 radical (unpaired) electrons. The van der Waals surface area contributed by atoms with E-state index in [4.69, 9.17) is 5.73 Å². The molecule has 0 spiro atoms. The van der Waals surface area contributed by atoms with Gasteiger partial charge < -0.3 is 26.0 Å². The largest absolute Gasteiger partial charge is 0.573 e. The van der Waals surface area contributed by atoms with Crippen molar-refractivity contribution < 1.29 is 37.7 Å². The van der Waals surface area contributed by atoms with Gasteiger partial charge in [-0.1, -0.05) is 49.4 Å². The lowest BCUT2D eigenvalue weighted by atomic mass is 9.86. The first-order chi connectivity index (χ1) is 14.5. The molecule has 0 aliphatic heterocycles. The van der Waals surface area contributed by atoms with Crippen LogP contribution < -0.4 is 15.8 Å². The van der Waals surface area contributed by atoms with Crippen molar-refractivity contribution in [3.63, 3.8) is 0 Å². The monoisotopic (exact) mass is 440 g/mol. The third-order valence-electron chi connectivity index (χ3n) is 4.78. The molecule has 0 heterocycles. The number of aliphatic hydroxyl groups is 1. The van der Waals surface area contributed by atoms with Gasteiger partial charge in [-0.3, -0.25) is 4.79 Å². The van der Waals surface area contributed by atoms with E-state index in [-0.39, 0.29) is 18.4 Å². The van der Waals surface area contributed by atoms with Gasteiger partial charge in [-0.15, -0.1) is 13.2 Å². The fraction of sp³-hybridized carbons (Fsp3) is 0.333. The number of amides is 1. The van der Waals surface area contributed by atoms with Crippen LogP contribution in [0.4, 0.5) is 13.2 Å². The van der Waals surface area contributed by atoms with Crippen LogP contribution in [0.1, 0.15) is 24.5 Å². The smallest absolute Gasteiger partial charge is 0.479 e. The van der Waals surface area contributed by atoms with Crippen LogP contribution in [0.3, 0.4) is 0 Å². The summed E-state index contributed by atoms with van der Waals surface area (Å²) < 4.78 is 41.5. The number of nitrogens with one attached hydrogen (secondary N) is 1. The maximum absolute atomic E-state index is 12.6. The first-order valence-corrected chi connectivity index (χ1v) is 9.38. The van der Waals surface area contributed by atoms with Crippen molar-refractivity contribution in [1.82, 2.24) is 5.32 Å². The number of carbonyl (C=O) groups excluding carboxylic acids is 1. The lowest BCUT2D eigenvalue weighted by molar-refractivity contribution is -0.274. The molecule has 10 heteroatoms. The Morgan fingerprint density at radius 1 is 1.13 bits per heavy atom. The summed E-state index contributed by atoms with van der Waals surface area (Å²) in [7, 11) is 0. The molecule has 0 bridgehead atoms. The van der Waals surface area contributed by atoms with Crippen molar-refractivity contribution >= 4 is 11.9 Å². The van der Waals surface area contributed by atoms with Crippen LogP contribution in [0.15, 0.2) is 54.6 Å². The number of aliphatic carboxylic acids is 1. The highest BCUT2D eigenvalue weighted by atomic mass is 19.4. The van der Waals surface area contributed by atoms with Crippen LogP contribution in [-0.2, 0) is 21.5 Å². The van der Waals surface area contributed by atoms with Gasteiger partial charge in [0.25, 0.3) is 5.91 Å². The number of hydrogen-bond donors (Lipinski definition) is 4. The van der Waals surface area contributed by atoms with Crippen LogP contribution in [0.5, 0.6) is 5.75 Å². The van der Waals surface area contributed by atoms with E-state index in [1.54, 1.807) is 30.3 Å².